The molecule has 2 atom stereocenters. The average Bonchev–Trinajstić information content (AvgIpc) is 2.85. The van der Waals surface area contributed by atoms with Crippen molar-refractivity contribution in [3.05, 3.63) is 29.3 Å². The number of carbonyl (C=O) groups is 4. The number of fused-ring (bicyclic) bond motifs is 1. The lowest BCUT2D eigenvalue weighted by atomic mass is 10.0. The van der Waals surface area contributed by atoms with Gasteiger partial charge in [-0.15, -0.1) is 0 Å². The largest absolute Gasteiger partial charge is 0.483 e. The summed E-state index contributed by atoms with van der Waals surface area (Å²) in [7, 11) is 1.45. The second-order valence-corrected chi connectivity index (χ2v) is 5.74. The number of carbonyl (C=O) groups excluding carboxylic acids is 4. The van der Waals surface area contributed by atoms with Crippen LogP contribution in [-0.4, -0.2) is 59.6 Å². The summed E-state index contributed by atoms with van der Waals surface area (Å²) in [5, 5.41) is 14.7. The molecule has 3 rings (SSSR count). The van der Waals surface area contributed by atoms with Crippen LogP contribution in [0.25, 0.3) is 0 Å². The number of imide groups is 1. The van der Waals surface area contributed by atoms with Crippen molar-refractivity contribution in [2.24, 2.45) is 0 Å². The Kier molecular flexibility index (Phi) is 4.41. The molecule has 1 fully saturated rings. The van der Waals surface area contributed by atoms with Crippen LogP contribution in [0.4, 0.5) is 0 Å². The second kappa shape index (κ2) is 6.52. The first-order valence-corrected chi connectivity index (χ1v) is 7.75. The standard InChI is InChI=1S/C16H17N3O6/c1-17-12(21)7-25-10-4-2-3-8-13(10)16(24)19(15(8)23)9-5-6-11(20)18-14(9)22/h2-4,9,14,22H,5-7H2,1H3,(H,17,21)(H,18,20). The molecule has 0 aliphatic carbocycles. The fourth-order valence-electron chi connectivity index (χ4n) is 2.95. The summed E-state index contributed by atoms with van der Waals surface area (Å²) in [5.74, 6) is -1.78. The molecular weight excluding hydrogens is 330 g/mol. The van der Waals surface area contributed by atoms with E-state index in [0.29, 0.717) is 0 Å². The maximum atomic E-state index is 12.8. The van der Waals surface area contributed by atoms with E-state index < -0.39 is 24.1 Å². The van der Waals surface area contributed by atoms with Gasteiger partial charge < -0.3 is 20.5 Å². The first kappa shape index (κ1) is 16.9. The van der Waals surface area contributed by atoms with Crippen molar-refractivity contribution in [3.8, 4) is 5.75 Å². The van der Waals surface area contributed by atoms with E-state index in [1.54, 1.807) is 6.07 Å². The smallest absolute Gasteiger partial charge is 0.265 e. The molecular formula is C16H17N3O6. The lowest BCUT2D eigenvalue weighted by Gasteiger charge is -2.33. The quantitative estimate of drug-likeness (QED) is 0.600. The van der Waals surface area contributed by atoms with Crippen LogP contribution in [0, 0.1) is 0 Å². The number of hydrogen-bond acceptors (Lipinski definition) is 6. The van der Waals surface area contributed by atoms with Gasteiger partial charge in [0.2, 0.25) is 5.91 Å². The average molecular weight is 347 g/mol. The Morgan fingerprint density at radius 3 is 2.80 bits per heavy atom. The topological polar surface area (TPSA) is 125 Å². The van der Waals surface area contributed by atoms with Crippen LogP contribution in [0.5, 0.6) is 5.75 Å². The van der Waals surface area contributed by atoms with Crippen molar-refractivity contribution in [2.45, 2.75) is 25.1 Å². The molecule has 4 amide bonds. The second-order valence-electron chi connectivity index (χ2n) is 5.74. The molecule has 9 heteroatoms. The number of likely N-dealkylation sites (N-methyl/N-ethyl adjacent to an activating group) is 1. The van der Waals surface area contributed by atoms with E-state index in [0.717, 1.165) is 4.90 Å². The van der Waals surface area contributed by atoms with Gasteiger partial charge in [0.15, 0.2) is 6.61 Å². The van der Waals surface area contributed by atoms with Crippen molar-refractivity contribution in [2.75, 3.05) is 13.7 Å². The number of piperidine rings is 1. The van der Waals surface area contributed by atoms with Crippen LogP contribution < -0.4 is 15.4 Å². The summed E-state index contributed by atoms with van der Waals surface area (Å²) in [6.45, 7) is -0.295. The summed E-state index contributed by atoms with van der Waals surface area (Å²) in [5.41, 5.74) is 0.198. The molecule has 0 spiro atoms. The minimum Gasteiger partial charge on any atom is -0.483 e. The number of benzene rings is 1. The van der Waals surface area contributed by atoms with E-state index >= 15 is 0 Å². The fraction of sp³-hybridized carbons (Fsp3) is 0.375. The van der Waals surface area contributed by atoms with Gasteiger partial charge in [0.25, 0.3) is 17.7 Å². The number of ether oxygens (including phenoxy) is 1. The molecule has 0 radical (unpaired) electrons. The van der Waals surface area contributed by atoms with E-state index in [4.69, 9.17) is 4.74 Å². The van der Waals surface area contributed by atoms with Crippen molar-refractivity contribution >= 4 is 23.6 Å². The van der Waals surface area contributed by atoms with Gasteiger partial charge in [0, 0.05) is 13.5 Å². The minimum absolute atomic E-state index is 0.0560. The number of amides is 4. The van der Waals surface area contributed by atoms with Crippen LogP contribution in [0.3, 0.4) is 0 Å². The maximum absolute atomic E-state index is 12.8. The number of nitrogens with zero attached hydrogens (tertiary/aromatic N) is 1. The Labute approximate surface area is 142 Å². The van der Waals surface area contributed by atoms with Crippen molar-refractivity contribution in [1.29, 1.82) is 0 Å². The third-order valence-corrected chi connectivity index (χ3v) is 4.22. The molecule has 2 aliphatic rings. The van der Waals surface area contributed by atoms with Gasteiger partial charge in [-0.05, 0) is 18.6 Å². The highest BCUT2D eigenvalue weighted by Gasteiger charge is 2.45. The van der Waals surface area contributed by atoms with Gasteiger partial charge >= 0.3 is 0 Å². The Balaban J connectivity index is 1.89. The molecule has 2 aliphatic heterocycles. The first-order chi connectivity index (χ1) is 11.9. The molecule has 0 aromatic heterocycles. The molecule has 132 valence electrons. The molecule has 2 heterocycles. The van der Waals surface area contributed by atoms with Gasteiger partial charge in [-0.1, -0.05) is 6.07 Å². The molecule has 3 N–H and O–H groups in total. The van der Waals surface area contributed by atoms with Gasteiger partial charge in [-0.25, -0.2) is 0 Å². The predicted octanol–water partition coefficient (Wildman–Crippen LogP) is -0.996. The number of aliphatic hydroxyl groups is 1. The van der Waals surface area contributed by atoms with Crippen LogP contribution in [-0.2, 0) is 9.59 Å². The molecule has 0 saturated carbocycles. The number of aliphatic hydroxyl groups excluding tert-OH is 1. The van der Waals surface area contributed by atoms with E-state index in [2.05, 4.69) is 10.6 Å². The Bertz CT molecular complexity index is 762. The monoisotopic (exact) mass is 347 g/mol. The maximum Gasteiger partial charge on any atom is 0.265 e. The Morgan fingerprint density at radius 1 is 1.36 bits per heavy atom. The van der Waals surface area contributed by atoms with Crippen molar-refractivity contribution in [3.63, 3.8) is 0 Å². The SMILES string of the molecule is CNC(=O)COc1cccc2c1C(=O)N(C1CCC(=O)NC1O)C2=O. The van der Waals surface area contributed by atoms with E-state index in [1.807, 2.05) is 0 Å². The number of nitrogens with one attached hydrogen (secondary N) is 2. The lowest BCUT2D eigenvalue weighted by molar-refractivity contribution is -0.129. The summed E-state index contributed by atoms with van der Waals surface area (Å²) in [6, 6.07) is 3.68. The van der Waals surface area contributed by atoms with Crippen LogP contribution in [0.15, 0.2) is 18.2 Å². The normalized spacial score (nSPS) is 22.5. The van der Waals surface area contributed by atoms with Crippen LogP contribution in [0.1, 0.15) is 33.6 Å². The molecule has 1 aromatic carbocycles. The summed E-state index contributed by atoms with van der Waals surface area (Å²) >= 11 is 0. The highest BCUT2D eigenvalue weighted by molar-refractivity contribution is 6.23. The Hall–Kier alpha value is -2.94. The van der Waals surface area contributed by atoms with Gasteiger partial charge in [-0.2, -0.15) is 0 Å². The van der Waals surface area contributed by atoms with E-state index in [1.165, 1.54) is 19.2 Å². The number of hydrogen-bond donors (Lipinski definition) is 3. The predicted molar refractivity (Wildman–Crippen MR) is 83.7 cm³/mol. The van der Waals surface area contributed by atoms with Crippen molar-refractivity contribution < 1.29 is 29.0 Å². The zero-order valence-electron chi connectivity index (χ0n) is 13.4. The van der Waals surface area contributed by atoms with Gasteiger partial charge in [0.1, 0.15) is 12.0 Å². The third-order valence-electron chi connectivity index (χ3n) is 4.22. The molecule has 9 nitrogen and oxygen atoms in total. The highest BCUT2D eigenvalue weighted by Crippen LogP contribution is 2.34. The molecule has 1 saturated heterocycles. The lowest BCUT2D eigenvalue weighted by Crippen LogP contribution is -2.57. The zero-order chi connectivity index (χ0) is 18.1. The summed E-state index contributed by atoms with van der Waals surface area (Å²) < 4.78 is 5.36. The van der Waals surface area contributed by atoms with Crippen LogP contribution in [0.2, 0.25) is 0 Å². The number of rotatable bonds is 4. The molecule has 0 bridgehead atoms. The highest BCUT2D eigenvalue weighted by atomic mass is 16.5. The van der Waals surface area contributed by atoms with E-state index in [9.17, 15) is 24.3 Å². The van der Waals surface area contributed by atoms with Gasteiger partial charge in [0.05, 0.1) is 17.2 Å². The third kappa shape index (κ3) is 2.93. The summed E-state index contributed by atoms with van der Waals surface area (Å²) in [6.07, 6.45) is -1.04. The fourth-order valence-corrected chi connectivity index (χ4v) is 2.95. The molecule has 2 unspecified atom stereocenters. The zero-order valence-corrected chi connectivity index (χ0v) is 13.4. The Morgan fingerprint density at radius 2 is 2.12 bits per heavy atom. The van der Waals surface area contributed by atoms with Gasteiger partial charge in [-0.3, -0.25) is 24.1 Å². The summed E-state index contributed by atoms with van der Waals surface area (Å²) in [4.78, 5) is 49.0. The molecule has 25 heavy (non-hydrogen) atoms. The van der Waals surface area contributed by atoms with Crippen LogP contribution >= 0.6 is 0 Å². The van der Waals surface area contributed by atoms with E-state index in [-0.39, 0.29) is 48.1 Å². The molecule has 1 aromatic rings. The first-order valence-electron chi connectivity index (χ1n) is 7.75. The minimum atomic E-state index is -1.32. The van der Waals surface area contributed by atoms with Crippen molar-refractivity contribution in [1.82, 2.24) is 15.5 Å².